The third-order valence-corrected chi connectivity index (χ3v) is 2.38. The van der Waals surface area contributed by atoms with Gasteiger partial charge in [0.15, 0.2) is 0 Å². The molecule has 0 aromatic carbocycles. The van der Waals surface area contributed by atoms with Gasteiger partial charge in [0.1, 0.15) is 11.6 Å². The van der Waals surface area contributed by atoms with Gasteiger partial charge in [-0.05, 0) is 6.42 Å². The van der Waals surface area contributed by atoms with E-state index >= 15 is 0 Å². The van der Waals surface area contributed by atoms with Crippen molar-refractivity contribution in [3.63, 3.8) is 0 Å². The molecule has 2 aromatic heterocycles. The molecule has 0 fully saturated rings. The highest BCUT2D eigenvalue weighted by molar-refractivity contribution is 6.30. The number of nitrogens with zero attached hydrogens (tertiary/aromatic N) is 3. The van der Waals surface area contributed by atoms with Crippen LogP contribution in [-0.4, -0.2) is 21.5 Å². The predicted octanol–water partition coefficient (Wildman–Crippen LogP) is 2.72. The lowest BCUT2D eigenvalue weighted by Gasteiger charge is -2.08. The van der Waals surface area contributed by atoms with E-state index in [2.05, 4.69) is 27.2 Å². The Labute approximate surface area is 116 Å². The fourth-order valence-corrected chi connectivity index (χ4v) is 1.57. The number of nitrogens with one attached hydrogen (secondary N) is 1. The van der Waals surface area contributed by atoms with Gasteiger partial charge in [0, 0.05) is 24.9 Å². The topological polar surface area (TPSA) is 86.0 Å². The second kappa shape index (κ2) is 6.19. The minimum Gasteiger partial charge on any atom is -0.437 e. The molecule has 0 aliphatic carbocycles. The Morgan fingerprint density at radius 1 is 1.32 bits per heavy atom. The van der Waals surface area contributed by atoms with Gasteiger partial charge in [0.05, 0.1) is 11.2 Å². The SMILES string of the molecule is CCCNc1cc(Oc2cncc(Cl)c2)nc(N)n1. The number of nitrogen functional groups attached to an aromatic ring is 1. The van der Waals surface area contributed by atoms with Gasteiger partial charge in [-0.3, -0.25) is 4.98 Å². The average Bonchev–Trinajstić information content (AvgIpc) is 2.35. The van der Waals surface area contributed by atoms with E-state index in [4.69, 9.17) is 22.1 Å². The molecule has 0 aliphatic rings. The van der Waals surface area contributed by atoms with Crippen molar-refractivity contribution >= 4 is 23.4 Å². The summed E-state index contributed by atoms with van der Waals surface area (Å²) < 4.78 is 5.54. The summed E-state index contributed by atoms with van der Waals surface area (Å²) in [5.74, 6) is 1.60. The second-order valence-corrected chi connectivity index (χ2v) is 4.25. The fraction of sp³-hybridized carbons (Fsp3) is 0.250. The van der Waals surface area contributed by atoms with Crippen LogP contribution in [0.5, 0.6) is 11.6 Å². The Hall–Kier alpha value is -2.08. The number of ether oxygens (including phenoxy) is 1. The number of rotatable bonds is 5. The summed E-state index contributed by atoms with van der Waals surface area (Å²) in [6.07, 6.45) is 4.05. The minimum absolute atomic E-state index is 0.145. The molecule has 100 valence electrons. The van der Waals surface area contributed by atoms with Gasteiger partial charge in [0.25, 0.3) is 0 Å². The van der Waals surface area contributed by atoms with Crippen molar-refractivity contribution in [3.8, 4) is 11.6 Å². The number of pyridine rings is 1. The van der Waals surface area contributed by atoms with Gasteiger partial charge in [-0.1, -0.05) is 18.5 Å². The second-order valence-electron chi connectivity index (χ2n) is 3.82. The molecule has 0 atom stereocenters. The zero-order valence-electron chi connectivity index (χ0n) is 10.4. The highest BCUT2D eigenvalue weighted by Gasteiger charge is 2.05. The molecular weight excluding hydrogens is 266 g/mol. The lowest BCUT2D eigenvalue weighted by atomic mass is 10.4. The van der Waals surface area contributed by atoms with Crippen molar-refractivity contribution in [1.82, 2.24) is 15.0 Å². The van der Waals surface area contributed by atoms with Crippen LogP contribution >= 0.6 is 11.6 Å². The molecule has 0 bridgehead atoms. The van der Waals surface area contributed by atoms with E-state index in [1.807, 2.05) is 0 Å². The van der Waals surface area contributed by atoms with Crippen LogP contribution in [0.4, 0.5) is 11.8 Å². The van der Waals surface area contributed by atoms with E-state index in [-0.39, 0.29) is 5.95 Å². The summed E-state index contributed by atoms with van der Waals surface area (Å²) in [6.45, 7) is 2.86. The van der Waals surface area contributed by atoms with Gasteiger partial charge in [-0.25, -0.2) is 0 Å². The summed E-state index contributed by atoms with van der Waals surface area (Å²) in [6, 6.07) is 3.32. The van der Waals surface area contributed by atoms with Crippen molar-refractivity contribution in [3.05, 3.63) is 29.5 Å². The quantitative estimate of drug-likeness (QED) is 0.875. The molecule has 19 heavy (non-hydrogen) atoms. The Morgan fingerprint density at radius 3 is 2.89 bits per heavy atom. The highest BCUT2D eigenvalue weighted by Crippen LogP contribution is 2.23. The molecule has 7 heteroatoms. The number of nitrogens with two attached hydrogens (primary N) is 1. The van der Waals surface area contributed by atoms with Gasteiger partial charge in [-0.2, -0.15) is 9.97 Å². The normalized spacial score (nSPS) is 10.2. The van der Waals surface area contributed by atoms with Crippen LogP contribution in [-0.2, 0) is 0 Å². The molecule has 0 radical (unpaired) electrons. The summed E-state index contributed by atoms with van der Waals surface area (Å²) in [4.78, 5) is 12.0. The number of hydrogen-bond donors (Lipinski definition) is 2. The molecule has 0 amide bonds. The van der Waals surface area contributed by atoms with E-state index in [0.29, 0.717) is 22.5 Å². The Bertz CT molecular complexity index is 564. The first-order valence-electron chi connectivity index (χ1n) is 5.84. The first-order chi connectivity index (χ1) is 9.17. The zero-order chi connectivity index (χ0) is 13.7. The predicted molar refractivity (Wildman–Crippen MR) is 74.5 cm³/mol. The summed E-state index contributed by atoms with van der Waals surface area (Å²) >= 11 is 5.83. The molecule has 0 spiro atoms. The maximum Gasteiger partial charge on any atom is 0.226 e. The van der Waals surface area contributed by atoms with Crippen molar-refractivity contribution in [2.24, 2.45) is 0 Å². The van der Waals surface area contributed by atoms with E-state index in [1.54, 1.807) is 18.3 Å². The van der Waals surface area contributed by atoms with Crippen molar-refractivity contribution < 1.29 is 4.74 Å². The molecule has 2 rings (SSSR count). The maximum absolute atomic E-state index is 5.83. The molecule has 0 saturated carbocycles. The third-order valence-electron chi connectivity index (χ3n) is 2.18. The molecule has 0 unspecified atom stereocenters. The summed E-state index contributed by atoms with van der Waals surface area (Å²) in [5.41, 5.74) is 5.63. The molecular formula is C12H14ClN5O. The molecule has 2 heterocycles. The summed E-state index contributed by atoms with van der Waals surface area (Å²) in [5, 5.41) is 3.61. The maximum atomic E-state index is 5.83. The lowest BCUT2D eigenvalue weighted by molar-refractivity contribution is 0.461. The van der Waals surface area contributed by atoms with Crippen LogP contribution in [0.2, 0.25) is 5.02 Å². The van der Waals surface area contributed by atoms with Crippen molar-refractivity contribution in [1.29, 1.82) is 0 Å². The van der Waals surface area contributed by atoms with Crippen LogP contribution in [0.15, 0.2) is 24.5 Å². The number of aromatic nitrogens is 3. The Balaban J connectivity index is 2.17. The van der Waals surface area contributed by atoms with E-state index in [0.717, 1.165) is 13.0 Å². The third kappa shape index (κ3) is 3.96. The van der Waals surface area contributed by atoms with E-state index in [9.17, 15) is 0 Å². The number of hydrogen-bond acceptors (Lipinski definition) is 6. The average molecular weight is 280 g/mol. The van der Waals surface area contributed by atoms with Crippen molar-refractivity contribution in [2.75, 3.05) is 17.6 Å². The minimum atomic E-state index is 0.145. The standard InChI is InChI=1S/C12H14ClN5O/c1-2-3-16-10-5-11(18-12(14)17-10)19-9-4-8(13)6-15-7-9/h4-7H,2-3H2,1H3,(H3,14,16,17,18). The number of halogens is 1. The first kappa shape index (κ1) is 13.4. The van der Waals surface area contributed by atoms with Crippen LogP contribution in [0.3, 0.4) is 0 Å². The van der Waals surface area contributed by atoms with Gasteiger partial charge < -0.3 is 15.8 Å². The van der Waals surface area contributed by atoms with Gasteiger partial charge >= 0.3 is 0 Å². The van der Waals surface area contributed by atoms with Crippen LogP contribution in [0.1, 0.15) is 13.3 Å². The van der Waals surface area contributed by atoms with Crippen LogP contribution in [0, 0.1) is 0 Å². The van der Waals surface area contributed by atoms with E-state index in [1.165, 1.54) is 6.20 Å². The monoisotopic (exact) mass is 279 g/mol. The molecule has 3 N–H and O–H groups in total. The number of anilines is 2. The molecule has 2 aromatic rings. The Kier molecular flexibility index (Phi) is 4.35. The van der Waals surface area contributed by atoms with E-state index < -0.39 is 0 Å². The van der Waals surface area contributed by atoms with Crippen LogP contribution < -0.4 is 15.8 Å². The lowest BCUT2D eigenvalue weighted by Crippen LogP contribution is -2.05. The van der Waals surface area contributed by atoms with Crippen LogP contribution in [0.25, 0.3) is 0 Å². The first-order valence-corrected chi connectivity index (χ1v) is 6.22. The fourth-order valence-electron chi connectivity index (χ4n) is 1.41. The van der Waals surface area contributed by atoms with Crippen molar-refractivity contribution in [2.45, 2.75) is 13.3 Å². The molecule has 0 saturated heterocycles. The summed E-state index contributed by atoms with van der Waals surface area (Å²) in [7, 11) is 0. The molecule has 6 nitrogen and oxygen atoms in total. The molecule has 0 aliphatic heterocycles. The smallest absolute Gasteiger partial charge is 0.226 e. The van der Waals surface area contributed by atoms with Gasteiger partial charge in [-0.15, -0.1) is 0 Å². The zero-order valence-corrected chi connectivity index (χ0v) is 11.2. The Morgan fingerprint density at radius 2 is 2.16 bits per heavy atom. The van der Waals surface area contributed by atoms with Gasteiger partial charge in [0.2, 0.25) is 11.8 Å². The largest absolute Gasteiger partial charge is 0.437 e. The highest BCUT2D eigenvalue weighted by atomic mass is 35.5.